The molecule has 0 aliphatic carbocycles. The minimum Gasteiger partial charge on any atom is -0.465 e. The zero-order chi connectivity index (χ0) is 13.1. The second-order valence-electron chi connectivity index (χ2n) is 4.72. The van der Waals surface area contributed by atoms with Gasteiger partial charge in [0, 0.05) is 15.9 Å². The summed E-state index contributed by atoms with van der Waals surface area (Å²) in [6.07, 6.45) is -0.654. The summed E-state index contributed by atoms with van der Waals surface area (Å²) in [6.45, 7) is 5.32. The van der Waals surface area contributed by atoms with Crippen molar-refractivity contribution < 1.29 is 14.6 Å². The summed E-state index contributed by atoms with van der Waals surface area (Å²) < 4.78 is 6.09. The minimum absolute atomic E-state index is 0.204. The molecule has 0 aliphatic rings. The van der Waals surface area contributed by atoms with Gasteiger partial charge in [-0.2, -0.15) is 0 Å². The number of halogens is 1. The number of aliphatic hydroxyl groups is 1. The Labute approximate surface area is 115 Å². The molecule has 0 saturated heterocycles. The normalized spacial score (nSPS) is 13.2. The number of benzene rings is 1. The molecule has 1 atom stereocenters. The van der Waals surface area contributed by atoms with Crippen LogP contribution in [0, 0.1) is 8.99 Å². The van der Waals surface area contributed by atoms with Gasteiger partial charge >= 0.3 is 5.97 Å². The van der Waals surface area contributed by atoms with Crippen molar-refractivity contribution in [3.8, 4) is 0 Å². The molecule has 0 aliphatic heterocycles. The lowest BCUT2D eigenvalue weighted by Crippen LogP contribution is -2.28. The summed E-state index contributed by atoms with van der Waals surface area (Å²) >= 11 is 2.22. The Morgan fingerprint density at radius 3 is 2.41 bits per heavy atom. The lowest BCUT2D eigenvalue weighted by molar-refractivity contribution is -0.146. The number of esters is 1. The summed E-state index contributed by atoms with van der Waals surface area (Å²) in [5, 5.41) is 10.3. The molecule has 1 aromatic rings. The van der Waals surface area contributed by atoms with Crippen LogP contribution in [0.2, 0.25) is 0 Å². The predicted octanol–water partition coefficient (Wildman–Crippen LogP) is 2.91. The van der Waals surface area contributed by atoms with Crippen molar-refractivity contribution in [1.82, 2.24) is 0 Å². The lowest BCUT2D eigenvalue weighted by atomic mass is 9.83. The Balaban J connectivity index is 2.76. The van der Waals surface area contributed by atoms with Gasteiger partial charge < -0.3 is 9.84 Å². The second-order valence-corrected chi connectivity index (χ2v) is 5.97. The van der Waals surface area contributed by atoms with E-state index in [1.165, 1.54) is 6.92 Å². The van der Waals surface area contributed by atoms with E-state index in [1.807, 2.05) is 38.1 Å². The molecule has 1 N–H and O–H groups in total. The summed E-state index contributed by atoms with van der Waals surface area (Å²) in [6, 6.07) is 7.67. The Bertz CT molecular complexity index is 384. The zero-order valence-electron chi connectivity index (χ0n) is 10.2. The molecule has 3 nitrogen and oxygen atoms in total. The Kier molecular flexibility index (Phi) is 4.94. The summed E-state index contributed by atoms with van der Waals surface area (Å²) in [4.78, 5) is 10.8. The van der Waals surface area contributed by atoms with Crippen LogP contribution in [0.15, 0.2) is 24.3 Å². The first-order valence-electron chi connectivity index (χ1n) is 5.40. The average Bonchev–Trinajstić information content (AvgIpc) is 2.27. The van der Waals surface area contributed by atoms with Gasteiger partial charge in [-0.25, -0.2) is 0 Å². The maximum Gasteiger partial charge on any atom is 0.302 e. The Morgan fingerprint density at radius 1 is 1.41 bits per heavy atom. The average molecular weight is 348 g/mol. The third kappa shape index (κ3) is 4.27. The zero-order valence-corrected chi connectivity index (χ0v) is 12.4. The molecule has 1 rings (SSSR count). The van der Waals surface area contributed by atoms with Gasteiger partial charge in [0.05, 0.1) is 12.7 Å². The Morgan fingerprint density at radius 2 is 1.94 bits per heavy atom. The number of aliphatic hydroxyl groups excluding tert-OH is 1. The monoisotopic (exact) mass is 348 g/mol. The molecule has 0 fully saturated rings. The van der Waals surface area contributed by atoms with Crippen molar-refractivity contribution in [2.75, 3.05) is 6.61 Å². The van der Waals surface area contributed by atoms with Crippen molar-refractivity contribution in [2.24, 2.45) is 5.41 Å². The fraction of sp³-hybridized carbons (Fsp3) is 0.462. The van der Waals surface area contributed by atoms with Crippen molar-refractivity contribution >= 4 is 28.6 Å². The van der Waals surface area contributed by atoms with Crippen LogP contribution >= 0.6 is 22.6 Å². The first kappa shape index (κ1) is 14.4. The highest BCUT2D eigenvalue weighted by molar-refractivity contribution is 14.1. The van der Waals surface area contributed by atoms with E-state index in [0.717, 1.165) is 9.13 Å². The molecule has 0 spiro atoms. The van der Waals surface area contributed by atoms with Gasteiger partial charge in [0.2, 0.25) is 0 Å². The van der Waals surface area contributed by atoms with E-state index in [1.54, 1.807) is 0 Å². The fourth-order valence-corrected chi connectivity index (χ4v) is 1.82. The number of ether oxygens (including phenoxy) is 1. The van der Waals surface area contributed by atoms with Crippen molar-refractivity contribution in [3.63, 3.8) is 0 Å². The Hall–Kier alpha value is -0.620. The SMILES string of the molecule is CC(=O)OCC(C)(C)[C@@H](O)c1ccc(I)cc1. The van der Waals surface area contributed by atoms with Gasteiger partial charge in [0.25, 0.3) is 0 Å². The molecular weight excluding hydrogens is 331 g/mol. The minimum atomic E-state index is -0.654. The van der Waals surface area contributed by atoms with Gasteiger partial charge in [-0.3, -0.25) is 4.79 Å². The van der Waals surface area contributed by atoms with Crippen LogP contribution in [0.1, 0.15) is 32.4 Å². The highest BCUT2D eigenvalue weighted by Crippen LogP contribution is 2.33. The van der Waals surface area contributed by atoms with Crippen molar-refractivity contribution in [2.45, 2.75) is 26.9 Å². The molecule has 94 valence electrons. The van der Waals surface area contributed by atoms with Crippen LogP contribution in [-0.2, 0) is 9.53 Å². The molecule has 0 bridgehead atoms. The quantitative estimate of drug-likeness (QED) is 0.672. The van der Waals surface area contributed by atoms with Crippen LogP contribution in [0.4, 0.5) is 0 Å². The van der Waals surface area contributed by atoms with Gasteiger partial charge in [-0.15, -0.1) is 0 Å². The van der Waals surface area contributed by atoms with Gasteiger partial charge in [-0.05, 0) is 40.3 Å². The first-order chi connectivity index (χ1) is 7.83. The van der Waals surface area contributed by atoms with E-state index in [-0.39, 0.29) is 12.6 Å². The van der Waals surface area contributed by atoms with Crippen molar-refractivity contribution in [3.05, 3.63) is 33.4 Å². The van der Waals surface area contributed by atoms with E-state index in [4.69, 9.17) is 4.74 Å². The molecule has 17 heavy (non-hydrogen) atoms. The molecule has 0 unspecified atom stereocenters. The van der Waals surface area contributed by atoms with Gasteiger partial charge in [0.15, 0.2) is 0 Å². The molecule has 1 aromatic carbocycles. The number of carbonyl (C=O) groups is 1. The standard InChI is InChI=1S/C13H17IO3/c1-9(15)17-8-13(2,3)12(16)10-4-6-11(14)7-5-10/h4-7,12,16H,8H2,1-3H3/t12-/m0/s1. The molecule has 0 amide bonds. The molecule has 0 heterocycles. The van der Waals surface area contributed by atoms with Crippen LogP contribution < -0.4 is 0 Å². The summed E-state index contributed by atoms with van der Waals surface area (Å²) in [5.41, 5.74) is 0.334. The lowest BCUT2D eigenvalue weighted by Gasteiger charge is -2.30. The topological polar surface area (TPSA) is 46.5 Å². The van der Waals surface area contributed by atoms with E-state index < -0.39 is 11.5 Å². The number of carbonyl (C=O) groups excluding carboxylic acids is 1. The molecular formula is C13H17IO3. The van der Waals surface area contributed by atoms with Crippen LogP contribution in [0.3, 0.4) is 0 Å². The van der Waals surface area contributed by atoms with Crippen LogP contribution in [0.5, 0.6) is 0 Å². The number of rotatable bonds is 4. The third-order valence-corrected chi connectivity index (χ3v) is 3.29. The van der Waals surface area contributed by atoms with Crippen LogP contribution in [-0.4, -0.2) is 17.7 Å². The second kappa shape index (κ2) is 5.82. The van der Waals surface area contributed by atoms with E-state index in [2.05, 4.69) is 22.6 Å². The molecule has 4 heteroatoms. The van der Waals surface area contributed by atoms with Gasteiger partial charge in [0.1, 0.15) is 0 Å². The smallest absolute Gasteiger partial charge is 0.302 e. The summed E-state index contributed by atoms with van der Waals surface area (Å²) in [7, 11) is 0. The maximum atomic E-state index is 10.8. The largest absolute Gasteiger partial charge is 0.465 e. The third-order valence-electron chi connectivity index (χ3n) is 2.57. The maximum absolute atomic E-state index is 10.8. The number of hydrogen-bond acceptors (Lipinski definition) is 3. The predicted molar refractivity (Wildman–Crippen MR) is 74.5 cm³/mol. The summed E-state index contributed by atoms with van der Waals surface area (Å²) in [5.74, 6) is -0.326. The van der Waals surface area contributed by atoms with E-state index in [9.17, 15) is 9.90 Å². The van der Waals surface area contributed by atoms with Crippen LogP contribution in [0.25, 0.3) is 0 Å². The number of hydrogen-bond donors (Lipinski definition) is 1. The highest BCUT2D eigenvalue weighted by atomic mass is 127. The highest BCUT2D eigenvalue weighted by Gasteiger charge is 2.30. The molecule has 0 saturated carbocycles. The molecule has 0 radical (unpaired) electrons. The van der Waals surface area contributed by atoms with E-state index >= 15 is 0 Å². The molecule has 0 aromatic heterocycles. The van der Waals surface area contributed by atoms with Gasteiger partial charge in [-0.1, -0.05) is 26.0 Å². The fourth-order valence-electron chi connectivity index (χ4n) is 1.46. The first-order valence-corrected chi connectivity index (χ1v) is 6.48. The van der Waals surface area contributed by atoms with Crippen molar-refractivity contribution in [1.29, 1.82) is 0 Å². The van der Waals surface area contributed by atoms with E-state index in [0.29, 0.717) is 0 Å².